The van der Waals surface area contributed by atoms with Crippen LogP contribution in [0, 0.1) is 0 Å². The predicted octanol–water partition coefficient (Wildman–Crippen LogP) is 3.51. The standard InChI is InChI=1S/C16H22O3/c1-18-16-10-13(9-14(11-16)12-17)7-8-19-15-5-3-2-4-6-15/h7-11,15,17H,2-6,12H2,1H3/b8-7+. The molecule has 0 amide bonds. The highest BCUT2D eigenvalue weighted by Crippen LogP contribution is 2.22. The molecule has 19 heavy (non-hydrogen) atoms. The van der Waals surface area contributed by atoms with Gasteiger partial charge in [-0.1, -0.05) is 6.42 Å². The van der Waals surface area contributed by atoms with Crippen LogP contribution in [0.1, 0.15) is 43.2 Å². The summed E-state index contributed by atoms with van der Waals surface area (Å²) in [6.07, 6.45) is 10.3. The normalized spacial score (nSPS) is 16.7. The second-order valence-electron chi connectivity index (χ2n) is 4.97. The summed E-state index contributed by atoms with van der Waals surface area (Å²) >= 11 is 0. The molecule has 1 saturated carbocycles. The van der Waals surface area contributed by atoms with E-state index in [4.69, 9.17) is 9.47 Å². The van der Waals surface area contributed by atoms with E-state index in [1.54, 1.807) is 13.4 Å². The van der Waals surface area contributed by atoms with Crippen molar-refractivity contribution in [2.24, 2.45) is 0 Å². The number of methoxy groups -OCH3 is 1. The number of aliphatic hydroxyl groups is 1. The molecule has 3 heteroatoms. The molecule has 0 aromatic heterocycles. The van der Waals surface area contributed by atoms with Crippen molar-refractivity contribution >= 4 is 6.08 Å². The lowest BCUT2D eigenvalue weighted by Gasteiger charge is -2.20. The topological polar surface area (TPSA) is 38.7 Å². The van der Waals surface area contributed by atoms with E-state index in [-0.39, 0.29) is 6.61 Å². The first-order chi connectivity index (χ1) is 9.31. The molecular weight excluding hydrogens is 240 g/mol. The maximum absolute atomic E-state index is 9.20. The molecule has 0 radical (unpaired) electrons. The minimum absolute atomic E-state index is 0.0154. The summed E-state index contributed by atoms with van der Waals surface area (Å²) in [4.78, 5) is 0. The Morgan fingerprint density at radius 2 is 2.00 bits per heavy atom. The molecular formula is C16H22O3. The fraction of sp³-hybridized carbons (Fsp3) is 0.500. The molecule has 1 N–H and O–H groups in total. The molecule has 0 spiro atoms. The van der Waals surface area contributed by atoms with Crippen molar-refractivity contribution in [2.75, 3.05) is 7.11 Å². The van der Waals surface area contributed by atoms with Gasteiger partial charge in [0.1, 0.15) is 5.75 Å². The van der Waals surface area contributed by atoms with E-state index < -0.39 is 0 Å². The smallest absolute Gasteiger partial charge is 0.119 e. The Bertz CT molecular complexity index is 398. The van der Waals surface area contributed by atoms with Gasteiger partial charge in [0, 0.05) is 0 Å². The zero-order chi connectivity index (χ0) is 13.5. The van der Waals surface area contributed by atoms with Crippen molar-refractivity contribution < 1.29 is 14.6 Å². The lowest BCUT2D eigenvalue weighted by atomic mass is 9.98. The van der Waals surface area contributed by atoms with E-state index in [0.29, 0.717) is 6.10 Å². The van der Waals surface area contributed by atoms with Crippen LogP contribution in [-0.4, -0.2) is 18.3 Å². The van der Waals surface area contributed by atoms with Gasteiger partial charge in [0.2, 0.25) is 0 Å². The van der Waals surface area contributed by atoms with E-state index in [1.165, 1.54) is 19.3 Å². The minimum Gasteiger partial charge on any atom is -0.498 e. The summed E-state index contributed by atoms with van der Waals surface area (Å²) in [5.74, 6) is 0.754. The van der Waals surface area contributed by atoms with E-state index in [2.05, 4.69) is 0 Å². The molecule has 1 fully saturated rings. The Hall–Kier alpha value is -1.48. The van der Waals surface area contributed by atoms with Gasteiger partial charge >= 0.3 is 0 Å². The molecule has 0 saturated heterocycles. The molecule has 0 unspecified atom stereocenters. The quantitative estimate of drug-likeness (QED) is 0.825. The van der Waals surface area contributed by atoms with E-state index in [9.17, 15) is 5.11 Å². The van der Waals surface area contributed by atoms with Gasteiger partial charge in [-0.2, -0.15) is 0 Å². The zero-order valence-electron chi connectivity index (χ0n) is 11.5. The Kier molecular flexibility index (Phi) is 5.28. The molecule has 1 aromatic rings. The summed E-state index contributed by atoms with van der Waals surface area (Å²) in [7, 11) is 1.63. The van der Waals surface area contributed by atoms with Crippen LogP contribution in [-0.2, 0) is 11.3 Å². The van der Waals surface area contributed by atoms with Crippen LogP contribution in [0.3, 0.4) is 0 Å². The second-order valence-corrected chi connectivity index (χ2v) is 4.97. The van der Waals surface area contributed by atoms with Gasteiger partial charge in [-0.3, -0.25) is 0 Å². The maximum atomic E-state index is 9.20. The van der Waals surface area contributed by atoms with Crippen molar-refractivity contribution in [2.45, 2.75) is 44.8 Å². The predicted molar refractivity (Wildman–Crippen MR) is 75.9 cm³/mol. The second kappa shape index (κ2) is 7.19. The van der Waals surface area contributed by atoms with Gasteiger partial charge < -0.3 is 14.6 Å². The highest BCUT2D eigenvalue weighted by Gasteiger charge is 2.12. The first-order valence-electron chi connectivity index (χ1n) is 6.92. The SMILES string of the molecule is COc1cc(/C=C/OC2CCCCC2)cc(CO)c1. The summed E-state index contributed by atoms with van der Waals surface area (Å²) in [5.41, 5.74) is 1.83. The van der Waals surface area contributed by atoms with Gasteiger partial charge in [-0.15, -0.1) is 0 Å². The largest absolute Gasteiger partial charge is 0.498 e. The molecule has 0 atom stereocenters. The number of rotatable bonds is 5. The first kappa shape index (κ1) is 13.9. The third kappa shape index (κ3) is 4.28. The van der Waals surface area contributed by atoms with Crippen molar-refractivity contribution in [1.29, 1.82) is 0 Å². The molecule has 0 bridgehead atoms. The van der Waals surface area contributed by atoms with Gasteiger partial charge in [-0.25, -0.2) is 0 Å². The van der Waals surface area contributed by atoms with Crippen LogP contribution in [0.4, 0.5) is 0 Å². The average molecular weight is 262 g/mol. The molecule has 2 rings (SSSR count). The van der Waals surface area contributed by atoms with Gasteiger partial charge in [0.05, 0.1) is 26.1 Å². The molecule has 1 aliphatic rings. The number of benzene rings is 1. The lowest BCUT2D eigenvalue weighted by molar-refractivity contribution is 0.108. The van der Waals surface area contributed by atoms with Crippen molar-refractivity contribution in [3.8, 4) is 5.75 Å². The first-order valence-corrected chi connectivity index (χ1v) is 6.92. The molecule has 1 aromatic carbocycles. The van der Waals surface area contributed by atoms with Crippen LogP contribution in [0.5, 0.6) is 5.75 Å². The van der Waals surface area contributed by atoms with E-state index in [1.807, 2.05) is 24.3 Å². The highest BCUT2D eigenvalue weighted by molar-refractivity contribution is 5.52. The Balaban J connectivity index is 1.96. The van der Waals surface area contributed by atoms with Crippen molar-refractivity contribution in [3.05, 3.63) is 35.6 Å². The lowest BCUT2D eigenvalue weighted by Crippen LogP contribution is -2.13. The number of hydrogen-bond donors (Lipinski definition) is 1. The third-order valence-corrected chi connectivity index (χ3v) is 3.49. The zero-order valence-corrected chi connectivity index (χ0v) is 11.5. The van der Waals surface area contributed by atoms with Crippen LogP contribution < -0.4 is 4.74 Å². The Morgan fingerprint density at radius 3 is 2.68 bits per heavy atom. The highest BCUT2D eigenvalue weighted by atomic mass is 16.5. The van der Waals surface area contributed by atoms with Gasteiger partial charge in [0.25, 0.3) is 0 Å². The summed E-state index contributed by atoms with van der Waals surface area (Å²) in [5, 5.41) is 9.20. The van der Waals surface area contributed by atoms with Crippen LogP contribution >= 0.6 is 0 Å². The van der Waals surface area contributed by atoms with Gasteiger partial charge in [-0.05, 0) is 61.1 Å². The van der Waals surface area contributed by atoms with Crippen LogP contribution in [0.15, 0.2) is 24.5 Å². The van der Waals surface area contributed by atoms with E-state index in [0.717, 1.165) is 29.7 Å². The average Bonchev–Trinajstić information content (AvgIpc) is 2.48. The number of ether oxygens (including phenoxy) is 2. The maximum Gasteiger partial charge on any atom is 0.119 e. The molecule has 0 aliphatic heterocycles. The number of hydrogen-bond acceptors (Lipinski definition) is 3. The van der Waals surface area contributed by atoms with Crippen LogP contribution in [0.25, 0.3) is 6.08 Å². The van der Waals surface area contributed by atoms with Crippen LogP contribution in [0.2, 0.25) is 0 Å². The summed E-state index contributed by atoms with van der Waals surface area (Å²) < 4.78 is 11.0. The van der Waals surface area contributed by atoms with Crippen molar-refractivity contribution in [1.82, 2.24) is 0 Å². The summed E-state index contributed by atoms with van der Waals surface area (Å²) in [6.45, 7) is 0.0154. The molecule has 3 nitrogen and oxygen atoms in total. The van der Waals surface area contributed by atoms with E-state index >= 15 is 0 Å². The Morgan fingerprint density at radius 1 is 1.21 bits per heavy atom. The molecule has 1 aliphatic carbocycles. The fourth-order valence-electron chi connectivity index (χ4n) is 2.42. The molecule has 104 valence electrons. The fourth-order valence-corrected chi connectivity index (χ4v) is 2.42. The number of aliphatic hydroxyl groups excluding tert-OH is 1. The summed E-state index contributed by atoms with van der Waals surface area (Å²) in [6, 6.07) is 5.70. The van der Waals surface area contributed by atoms with Crippen molar-refractivity contribution in [3.63, 3.8) is 0 Å². The monoisotopic (exact) mass is 262 g/mol. The Labute approximate surface area is 114 Å². The van der Waals surface area contributed by atoms with Gasteiger partial charge in [0.15, 0.2) is 0 Å². The molecule has 0 heterocycles. The minimum atomic E-state index is 0.0154. The third-order valence-electron chi connectivity index (χ3n) is 3.49.